The summed E-state index contributed by atoms with van der Waals surface area (Å²) in [7, 11) is 0. The number of esters is 3. The largest absolute Gasteiger partial charge is 0.462 e. The molecule has 0 fully saturated rings. The zero-order chi connectivity index (χ0) is 44.4. The highest BCUT2D eigenvalue weighted by atomic mass is 16.6. The average molecular weight is 857 g/mol. The lowest BCUT2D eigenvalue weighted by molar-refractivity contribution is -0.166. The summed E-state index contributed by atoms with van der Waals surface area (Å²) in [5.74, 6) is -0.963. The van der Waals surface area contributed by atoms with Gasteiger partial charge in [0.1, 0.15) is 13.2 Å². The molecular weight excluding hydrogens is 757 g/mol. The van der Waals surface area contributed by atoms with Crippen LogP contribution in [-0.4, -0.2) is 37.2 Å². The molecule has 0 bridgehead atoms. The summed E-state index contributed by atoms with van der Waals surface area (Å²) in [6.45, 7) is 6.56. The van der Waals surface area contributed by atoms with Gasteiger partial charge in [0.05, 0.1) is 0 Å². The van der Waals surface area contributed by atoms with Crippen LogP contribution in [0.15, 0.2) is 36.5 Å². The van der Waals surface area contributed by atoms with E-state index < -0.39 is 6.10 Å². The van der Waals surface area contributed by atoms with Gasteiger partial charge in [-0.3, -0.25) is 14.4 Å². The Hall–Kier alpha value is -2.37. The Morgan fingerprint density at radius 2 is 0.639 bits per heavy atom. The van der Waals surface area contributed by atoms with Crippen molar-refractivity contribution in [1.29, 1.82) is 0 Å². The van der Waals surface area contributed by atoms with Gasteiger partial charge in [-0.05, 0) is 57.8 Å². The first kappa shape index (κ1) is 58.6. The summed E-state index contributed by atoms with van der Waals surface area (Å²) < 4.78 is 16.7. The number of carbonyl (C=O) groups is 3. The lowest BCUT2D eigenvalue weighted by Gasteiger charge is -2.18. The number of rotatable bonds is 48. The summed E-state index contributed by atoms with van der Waals surface area (Å²) in [5, 5.41) is 0. The van der Waals surface area contributed by atoms with Gasteiger partial charge in [-0.25, -0.2) is 0 Å². The maximum Gasteiger partial charge on any atom is 0.306 e. The first-order chi connectivity index (χ1) is 30.0. The summed E-state index contributed by atoms with van der Waals surface area (Å²) in [6.07, 6.45) is 58.6. The molecule has 0 N–H and O–H groups in total. The molecule has 0 aliphatic heterocycles. The first-order valence-electron chi connectivity index (χ1n) is 26.5. The van der Waals surface area contributed by atoms with Crippen LogP contribution in [0.5, 0.6) is 0 Å². The Kier molecular flexibility index (Phi) is 48.3. The second-order valence-electron chi connectivity index (χ2n) is 17.8. The van der Waals surface area contributed by atoms with Gasteiger partial charge >= 0.3 is 17.9 Å². The number of carbonyl (C=O) groups excluding carboxylic acids is 3. The molecule has 0 aromatic rings. The van der Waals surface area contributed by atoms with Crippen molar-refractivity contribution in [2.45, 2.75) is 284 Å². The molecule has 1 unspecified atom stereocenters. The van der Waals surface area contributed by atoms with E-state index in [-0.39, 0.29) is 37.5 Å². The predicted octanol–water partition coefficient (Wildman–Crippen LogP) is 17.3. The van der Waals surface area contributed by atoms with Crippen molar-refractivity contribution in [2.24, 2.45) is 0 Å². The van der Waals surface area contributed by atoms with Crippen LogP contribution in [0.3, 0.4) is 0 Å². The fraction of sp³-hybridized carbons (Fsp3) is 0.836. The van der Waals surface area contributed by atoms with E-state index in [9.17, 15) is 14.4 Å². The smallest absolute Gasteiger partial charge is 0.306 e. The van der Waals surface area contributed by atoms with E-state index in [1.54, 1.807) is 0 Å². The maximum atomic E-state index is 12.7. The molecule has 1 atom stereocenters. The van der Waals surface area contributed by atoms with Gasteiger partial charge in [0.25, 0.3) is 0 Å². The van der Waals surface area contributed by atoms with Crippen LogP contribution in [-0.2, 0) is 28.6 Å². The van der Waals surface area contributed by atoms with Gasteiger partial charge in [0.15, 0.2) is 6.10 Å². The fourth-order valence-corrected chi connectivity index (χ4v) is 7.59. The molecule has 0 spiro atoms. The van der Waals surface area contributed by atoms with Crippen molar-refractivity contribution < 1.29 is 28.6 Å². The summed E-state index contributed by atoms with van der Waals surface area (Å²) in [4.78, 5) is 37.9. The molecule has 0 radical (unpaired) electrons. The van der Waals surface area contributed by atoms with Crippen molar-refractivity contribution in [3.63, 3.8) is 0 Å². The SMILES string of the molecule is CCCC/C=C\CCCCCCCC(=O)OCC(COC(=O)CCCCCCCCCCCCCCCCCCCCC)OC(=O)CC/C=C\C/C=C\CCCCCCCC. The van der Waals surface area contributed by atoms with Crippen LogP contribution in [0.4, 0.5) is 0 Å². The van der Waals surface area contributed by atoms with Crippen molar-refractivity contribution >= 4 is 17.9 Å². The Morgan fingerprint density at radius 3 is 1.03 bits per heavy atom. The van der Waals surface area contributed by atoms with E-state index in [1.165, 1.54) is 173 Å². The molecule has 356 valence electrons. The highest BCUT2D eigenvalue weighted by Gasteiger charge is 2.19. The first-order valence-corrected chi connectivity index (χ1v) is 26.5. The summed E-state index contributed by atoms with van der Waals surface area (Å²) >= 11 is 0. The second kappa shape index (κ2) is 50.3. The third kappa shape index (κ3) is 48.5. The number of unbranched alkanes of at least 4 members (excludes halogenated alkanes) is 31. The quantitative estimate of drug-likeness (QED) is 0.0262. The van der Waals surface area contributed by atoms with Crippen molar-refractivity contribution in [1.82, 2.24) is 0 Å². The molecule has 0 amide bonds. The number of hydrogen-bond donors (Lipinski definition) is 0. The molecule has 0 aromatic heterocycles. The minimum Gasteiger partial charge on any atom is -0.462 e. The number of allylic oxidation sites excluding steroid dienone is 6. The van der Waals surface area contributed by atoms with Gasteiger partial charge in [0, 0.05) is 19.3 Å². The highest BCUT2D eigenvalue weighted by molar-refractivity contribution is 5.71. The topological polar surface area (TPSA) is 78.9 Å². The molecule has 61 heavy (non-hydrogen) atoms. The minimum absolute atomic E-state index is 0.0941. The lowest BCUT2D eigenvalue weighted by Crippen LogP contribution is -2.30. The zero-order valence-corrected chi connectivity index (χ0v) is 40.7. The van der Waals surface area contributed by atoms with Crippen molar-refractivity contribution in [3.05, 3.63) is 36.5 Å². The Balaban J connectivity index is 4.33. The molecule has 6 heteroatoms. The molecule has 0 aliphatic rings. The number of ether oxygens (including phenoxy) is 3. The van der Waals surface area contributed by atoms with Gasteiger partial charge in [-0.2, -0.15) is 0 Å². The summed E-state index contributed by atoms with van der Waals surface area (Å²) in [5.41, 5.74) is 0. The molecule has 0 saturated heterocycles. The molecule has 0 rings (SSSR count). The zero-order valence-electron chi connectivity index (χ0n) is 40.7. The van der Waals surface area contributed by atoms with Gasteiger partial charge in [-0.1, -0.05) is 237 Å². The van der Waals surface area contributed by atoms with E-state index in [1.807, 2.05) is 6.08 Å². The second-order valence-corrected chi connectivity index (χ2v) is 17.8. The van der Waals surface area contributed by atoms with E-state index in [0.29, 0.717) is 19.3 Å². The van der Waals surface area contributed by atoms with Crippen LogP contribution in [0.1, 0.15) is 278 Å². The van der Waals surface area contributed by atoms with Crippen LogP contribution in [0.2, 0.25) is 0 Å². The van der Waals surface area contributed by atoms with E-state index in [4.69, 9.17) is 14.2 Å². The standard InChI is InChI=1S/C55H100O6/c1-4-7-10-13-16-19-22-24-25-26-27-28-29-31-33-36-39-42-45-48-54(57)60-51-52(50-59-53(56)47-44-41-38-35-32-21-18-15-12-9-6-3)61-55(58)49-46-43-40-37-34-30-23-20-17-14-11-8-5-2/h15,18,30,34,40,43,52H,4-14,16-17,19-29,31-33,35-39,41-42,44-51H2,1-3H3/b18-15-,34-30-,43-40-. The molecular formula is C55H100O6. The van der Waals surface area contributed by atoms with Crippen LogP contribution >= 0.6 is 0 Å². The van der Waals surface area contributed by atoms with E-state index >= 15 is 0 Å². The lowest BCUT2D eigenvalue weighted by atomic mass is 10.0. The summed E-state index contributed by atoms with van der Waals surface area (Å²) in [6, 6.07) is 0. The molecule has 0 saturated carbocycles. The number of hydrogen-bond acceptors (Lipinski definition) is 6. The predicted molar refractivity (Wildman–Crippen MR) is 261 cm³/mol. The van der Waals surface area contributed by atoms with Crippen LogP contribution < -0.4 is 0 Å². The third-order valence-electron chi connectivity index (χ3n) is 11.6. The van der Waals surface area contributed by atoms with Crippen LogP contribution in [0, 0.1) is 0 Å². The average Bonchev–Trinajstić information content (AvgIpc) is 3.26. The van der Waals surface area contributed by atoms with Crippen LogP contribution in [0.25, 0.3) is 0 Å². The Labute approximate surface area is 378 Å². The Bertz CT molecular complexity index is 1030. The normalized spacial score (nSPS) is 12.2. The molecule has 6 nitrogen and oxygen atoms in total. The van der Waals surface area contributed by atoms with Crippen molar-refractivity contribution in [3.8, 4) is 0 Å². The van der Waals surface area contributed by atoms with Gasteiger partial charge in [0.2, 0.25) is 0 Å². The minimum atomic E-state index is -0.801. The highest BCUT2D eigenvalue weighted by Crippen LogP contribution is 2.16. The molecule has 0 heterocycles. The third-order valence-corrected chi connectivity index (χ3v) is 11.6. The molecule has 0 aromatic carbocycles. The van der Waals surface area contributed by atoms with Gasteiger partial charge < -0.3 is 14.2 Å². The Morgan fingerprint density at radius 1 is 0.328 bits per heavy atom. The molecule has 0 aliphatic carbocycles. The van der Waals surface area contributed by atoms with E-state index in [0.717, 1.165) is 57.8 Å². The fourth-order valence-electron chi connectivity index (χ4n) is 7.59. The van der Waals surface area contributed by atoms with Gasteiger partial charge in [-0.15, -0.1) is 0 Å². The maximum absolute atomic E-state index is 12.7. The monoisotopic (exact) mass is 857 g/mol. The van der Waals surface area contributed by atoms with Crippen molar-refractivity contribution in [2.75, 3.05) is 13.2 Å². The van der Waals surface area contributed by atoms with E-state index in [2.05, 4.69) is 51.2 Å².